The van der Waals surface area contributed by atoms with E-state index < -0.39 is 0 Å². The Labute approximate surface area is 100.0 Å². The Morgan fingerprint density at radius 2 is 1.00 bits per heavy atom. The van der Waals surface area contributed by atoms with Crippen LogP contribution in [0.4, 0.5) is 0 Å². The molecule has 0 spiro atoms. The van der Waals surface area contributed by atoms with Crippen molar-refractivity contribution in [1.29, 1.82) is 0 Å². The summed E-state index contributed by atoms with van der Waals surface area (Å²) in [6.45, 7) is 0. The summed E-state index contributed by atoms with van der Waals surface area (Å²) in [6, 6.07) is 0. The minimum absolute atomic E-state index is 0. The van der Waals surface area contributed by atoms with Crippen LogP contribution in [0.2, 0.25) is 0 Å². The molecule has 0 aromatic carbocycles. The van der Waals surface area contributed by atoms with Gasteiger partial charge in [-0.05, 0) is 0 Å². The van der Waals surface area contributed by atoms with Gasteiger partial charge in [-0.25, -0.2) is 0 Å². The smallest absolute Gasteiger partial charge is 0 e. The summed E-state index contributed by atoms with van der Waals surface area (Å²) in [7, 11) is 0. The van der Waals surface area contributed by atoms with E-state index in [0.29, 0.717) is 0 Å². The minimum atomic E-state index is 0. The van der Waals surface area contributed by atoms with Crippen molar-refractivity contribution in [2.45, 2.75) is 0 Å². The van der Waals surface area contributed by atoms with E-state index in [-0.39, 0.29) is 102 Å². The first kappa shape index (κ1) is 26.6. The van der Waals surface area contributed by atoms with E-state index in [1.165, 1.54) is 0 Å². The van der Waals surface area contributed by atoms with Gasteiger partial charge in [0.2, 0.25) is 0 Å². The molecule has 0 aliphatic rings. The number of hydrogen-bond donors (Lipinski definition) is 0. The SMILES string of the molecule is [AlH3].[Ce].[Mn].[Zr]. The summed E-state index contributed by atoms with van der Waals surface area (Å²) in [5.74, 6) is 0. The molecule has 0 amide bonds. The third-order valence-electron chi connectivity index (χ3n) is 0. The summed E-state index contributed by atoms with van der Waals surface area (Å²) in [5.41, 5.74) is 0. The van der Waals surface area contributed by atoms with Crippen LogP contribution < -0.4 is 0 Å². The Morgan fingerprint density at radius 3 is 1.00 bits per heavy atom. The fraction of sp³-hybridized carbons (Fsp3) is 0. The zero-order chi connectivity index (χ0) is 0. The summed E-state index contributed by atoms with van der Waals surface area (Å²) in [4.78, 5) is 0. The molecule has 0 fully saturated rings. The van der Waals surface area contributed by atoms with Crippen molar-refractivity contribution in [1.82, 2.24) is 0 Å². The van der Waals surface area contributed by atoms with Crippen LogP contribution in [0.5, 0.6) is 0 Å². The molecule has 0 nitrogen and oxygen atoms in total. The van der Waals surface area contributed by atoms with Gasteiger partial charge in [0.15, 0.2) is 17.4 Å². The Morgan fingerprint density at radius 1 is 1.00 bits per heavy atom. The van der Waals surface area contributed by atoms with Crippen LogP contribution in [0.25, 0.3) is 0 Å². The summed E-state index contributed by atoms with van der Waals surface area (Å²) < 4.78 is 0. The van der Waals surface area contributed by atoms with Gasteiger partial charge in [-0.15, -0.1) is 0 Å². The molecular weight excluding hydrogens is 313 g/mol. The Balaban J connectivity index is 0. The third-order valence-corrected chi connectivity index (χ3v) is 0. The predicted molar refractivity (Wildman–Crippen MR) is 9.94 cm³/mol. The van der Waals surface area contributed by atoms with Crippen molar-refractivity contribution < 1.29 is 85.0 Å². The Hall–Kier alpha value is 3.31. The Kier molecular flexibility index (Phi) is 108. The molecule has 0 unspecified atom stereocenters. The van der Waals surface area contributed by atoms with Crippen molar-refractivity contribution >= 4 is 17.4 Å². The third kappa shape index (κ3) is 9.00. The number of hydrogen-bond acceptors (Lipinski definition) is 0. The molecule has 4 heavy (non-hydrogen) atoms. The fourth-order valence-corrected chi connectivity index (χ4v) is 0. The largest absolute Gasteiger partial charge is 0.187 e. The molecule has 0 rings (SSSR count). The van der Waals surface area contributed by atoms with Gasteiger partial charge >= 0.3 is 0 Å². The van der Waals surface area contributed by atoms with Gasteiger partial charge in [-0.3, -0.25) is 0 Å². The zero-order valence-electron chi connectivity index (χ0n) is 1.38. The summed E-state index contributed by atoms with van der Waals surface area (Å²) in [6.07, 6.45) is 0. The monoisotopic (exact) mass is 315 g/mol. The molecule has 0 aromatic heterocycles. The topological polar surface area (TPSA) is 0 Å². The normalized spacial score (nSPS) is 0. The molecule has 21 valence electrons. The standard InChI is InChI=1S/Al.Ce.Mn.Zr.3H. The van der Waals surface area contributed by atoms with Crippen molar-refractivity contribution in [3.63, 3.8) is 0 Å². The molecule has 0 N–H and O–H groups in total. The average molecular weight is 316 g/mol. The van der Waals surface area contributed by atoms with E-state index in [4.69, 9.17) is 0 Å². The van der Waals surface area contributed by atoms with Crippen molar-refractivity contribution in [2.75, 3.05) is 0 Å². The predicted octanol–water partition coefficient (Wildman–Crippen LogP) is -1.19. The van der Waals surface area contributed by atoms with Crippen LogP contribution in [0, 0.1) is 41.7 Å². The molecule has 0 saturated heterocycles. The molecule has 0 aromatic rings. The van der Waals surface area contributed by atoms with Crippen LogP contribution in [-0.2, 0) is 43.3 Å². The molecule has 0 aliphatic heterocycles. The molecule has 1 radical (unpaired) electrons. The van der Waals surface area contributed by atoms with E-state index in [9.17, 15) is 0 Å². The van der Waals surface area contributed by atoms with Crippen LogP contribution in [0.15, 0.2) is 0 Å². The molecule has 0 aliphatic carbocycles. The first-order chi connectivity index (χ1) is 0. The molecular formula is H3AlCeMnZr. The van der Waals surface area contributed by atoms with Crippen molar-refractivity contribution in [3.05, 3.63) is 0 Å². The quantitative estimate of drug-likeness (QED) is 0.493. The second kappa shape index (κ2) is 16.2. The van der Waals surface area contributed by atoms with Crippen LogP contribution in [0.3, 0.4) is 0 Å². The van der Waals surface area contributed by atoms with Crippen LogP contribution in [-0.4, -0.2) is 17.4 Å². The molecule has 0 bridgehead atoms. The van der Waals surface area contributed by atoms with E-state index in [2.05, 4.69) is 0 Å². The molecule has 4 heteroatoms. The van der Waals surface area contributed by atoms with Crippen molar-refractivity contribution in [2.24, 2.45) is 0 Å². The minimum Gasteiger partial charge on any atom is 0 e. The van der Waals surface area contributed by atoms with Gasteiger partial charge in [0.05, 0.1) is 0 Å². The zero-order valence-corrected chi connectivity index (χ0v) is 8.16. The van der Waals surface area contributed by atoms with Gasteiger partial charge in [0, 0.05) is 85.0 Å². The fourth-order valence-electron chi connectivity index (χ4n) is 0. The Bertz CT molecular complexity index is 8.00. The van der Waals surface area contributed by atoms with Gasteiger partial charge in [0.1, 0.15) is 0 Å². The molecule has 0 atom stereocenters. The van der Waals surface area contributed by atoms with Gasteiger partial charge in [-0.2, -0.15) is 0 Å². The average Bonchev–Trinajstić information content (AvgIpc) is 0. The maximum Gasteiger partial charge on any atom is 0.187 e. The summed E-state index contributed by atoms with van der Waals surface area (Å²) in [5, 5.41) is 0. The first-order valence-electron chi connectivity index (χ1n) is 0. The van der Waals surface area contributed by atoms with E-state index in [0.717, 1.165) is 0 Å². The van der Waals surface area contributed by atoms with Crippen LogP contribution in [0.1, 0.15) is 0 Å². The van der Waals surface area contributed by atoms with Gasteiger partial charge < -0.3 is 0 Å². The maximum atomic E-state index is 0. The molecule has 0 saturated carbocycles. The van der Waals surface area contributed by atoms with Gasteiger partial charge in [0.25, 0.3) is 0 Å². The second-order valence-electron chi connectivity index (χ2n) is 0. The van der Waals surface area contributed by atoms with Crippen LogP contribution >= 0.6 is 0 Å². The maximum absolute atomic E-state index is 0. The van der Waals surface area contributed by atoms with Crippen molar-refractivity contribution in [3.8, 4) is 0 Å². The van der Waals surface area contributed by atoms with E-state index in [1.54, 1.807) is 0 Å². The second-order valence-corrected chi connectivity index (χ2v) is 0. The summed E-state index contributed by atoms with van der Waals surface area (Å²) >= 11 is 0. The molecule has 0 heterocycles. The van der Waals surface area contributed by atoms with E-state index >= 15 is 0 Å². The van der Waals surface area contributed by atoms with Gasteiger partial charge in [-0.1, -0.05) is 0 Å². The first-order valence-corrected chi connectivity index (χ1v) is 0. The van der Waals surface area contributed by atoms with E-state index in [1.807, 2.05) is 0 Å². The number of rotatable bonds is 0.